The lowest BCUT2D eigenvalue weighted by Crippen LogP contribution is -2.24. The Kier molecular flexibility index (Phi) is 3.32. The molecule has 0 aliphatic heterocycles. The largest absolute Gasteiger partial charge is 0.450 e. The number of nitrogens with zero attached hydrogens (tertiary/aromatic N) is 2. The number of hydrogen-bond acceptors (Lipinski definition) is 4. The first-order valence-electron chi connectivity index (χ1n) is 5.05. The lowest BCUT2D eigenvalue weighted by atomic mass is 10.2. The van der Waals surface area contributed by atoms with E-state index in [-0.39, 0.29) is 11.4 Å². The van der Waals surface area contributed by atoms with Crippen molar-refractivity contribution >= 4 is 5.78 Å². The van der Waals surface area contributed by atoms with E-state index in [1.54, 1.807) is 0 Å². The predicted octanol–water partition coefficient (Wildman–Crippen LogP) is 2.55. The van der Waals surface area contributed by atoms with Crippen molar-refractivity contribution in [1.82, 2.24) is 10.1 Å². The second-order valence-corrected chi connectivity index (χ2v) is 3.62. The molecule has 0 saturated carbocycles. The van der Waals surface area contributed by atoms with Crippen LogP contribution in [0.1, 0.15) is 5.89 Å². The Morgan fingerprint density at radius 1 is 1.32 bits per heavy atom. The van der Waals surface area contributed by atoms with Crippen LogP contribution < -0.4 is 0 Å². The first kappa shape index (κ1) is 13.2. The molecule has 0 atom stereocenters. The van der Waals surface area contributed by atoms with E-state index >= 15 is 0 Å². The molecule has 0 bridgehead atoms. The molecule has 1 aromatic carbocycles. The molecule has 4 nitrogen and oxygen atoms in total. The van der Waals surface area contributed by atoms with Gasteiger partial charge in [-0.3, -0.25) is 4.79 Å². The standard InChI is InChI=1S/C11H6F4N2O2/c12-7-3-1-2-6(4-7)10-16-9(19-17-10)5-8(18)11(13,14)15/h1-4H,5H2. The maximum absolute atomic E-state index is 12.9. The molecular weight excluding hydrogens is 268 g/mol. The number of carbonyl (C=O) groups excluding carboxylic acids is 1. The second kappa shape index (κ2) is 4.79. The van der Waals surface area contributed by atoms with Gasteiger partial charge in [0.25, 0.3) is 0 Å². The number of ketones is 1. The van der Waals surface area contributed by atoms with Crippen LogP contribution in [0.2, 0.25) is 0 Å². The van der Waals surface area contributed by atoms with Gasteiger partial charge in [-0.15, -0.1) is 0 Å². The molecule has 1 heterocycles. The number of aromatic nitrogens is 2. The Bertz CT molecular complexity index is 607. The van der Waals surface area contributed by atoms with E-state index in [0.29, 0.717) is 0 Å². The fourth-order valence-corrected chi connectivity index (χ4v) is 1.31. The Balaban J connectivity index is 2.18. The minimum absolute atomic E-state index is 0.0792. The number of benzene rings is 1. The van der Waals surface area contributed by atoms with Crippen molar-refractivity contribution in [2.24, 2.45) is 0 Å². The predicted molar refractivity (Wildman–Crippen MR) is 54.5 cm³/mol. The number of Topliss-reactive ketones (excluding diaryl/α,β-unsaturated/α-hetero) is 1. The van der Waals surface area contributed by atoms with Gasteiger partial charge in [-0.2, -0.15) is 18.2 Å². The average Bonchev–Trinajstić information content (AvgIpc) is 2.76. The van der Waals surface area contributed by atoms with Gasteiger partial charge in [0.15, 0.2) is 0 Å². The van der Waals surface area contributed by atoms with Crippen molar-refractivity contribution in [3.63, 3.8) is 0 Å². The van der Waals surface area contributed by atoms with Crippen LogP contribution in [-0.2, 0) is 11.2 Å². The maximum atomic E-state index is 12.9. The summed E-state index contributed by atoms with van der Waals surface area (Å²) in [5.41, 5.74) is 0.245. The van der Waals surface area contributed by atoms with E-state index in [4.69, 9.17) is 0 Å². The van der Waals surface area contributed by atoms with Crippen LogP contribution in [0.4, 0.5) is 17.6 Å². The molecule has 0 N–H and O–H groups in total. The van der Waals surface area contributed by atoms with Crippen molar-refractivity contribution in [2.45, 2.75) is 12.6 Å². The molecule has 1 aromatic heterocycles. The zero-order valence-corrected chi connectivity index (χ0v) is 9.24. The van der Waals surface area contributed by atoms with Gasteiger partial charge < -0.3 is 4.52 Å². The van der Waals surface area contributed by atoms with E-state index in [0.717, 1.165) is 6.07 Å². The Hall–Kier alpha value is -2.25. The molecule has 0 fully saturated rings. The van der Waals surface area contributed by atoms with Gasteiger partial charge in [-0.25, -0.2) is 4.39 Å². The first-order chi connectivity index (χ1) is 8.86. The molecule has 0 radical (unpaired) electrons. The van der Waals surface area contributed by atoms with Gasteiger partial charge in [0.05, 0.1) is 6.42 Å². The number of rotatable bonds is 3. The molecule has 2 rings (SSSR count). The fraction of sp³-hybridized carbons (Fsp3) is 0.182. The highest BCUT2D eigenvalue weighted by atomic mass is 19.4. The highest BCUT2D eigenvalue weighted by Gasteiger charge is 2.39. The summed E-state index contributed by atoms with van der Waals surface area (Å²) in [5, 5.41) is 3.39. The summed E-state index contributed by atoms with van der Waals surface area (Å²) >= 11 is 0. The third-order valence-corrected chi connectivity index (χ3v) is 2.18. The third-order valence-electron chi connectivity index (χ3n) is 2.18. The highest BCUT2D eigenvalue weighted by molar-refractivity contribution is 5.85. The number of hydrogen-bond donors (Lipinski definition) is 0. The van der Waals surface area contributed by atoms with Gasteiger partial charge >= 0.3 is 6.18 Å². The van der Waals surface area contributed by atoms with E-state index in [1.807, 2.05) is 0 Å². The number of alkyl halides is 3. The van der Waals surface area contributed by atoms with Crippen LogP contribution in [-0.4, -0.2) is 22.1 Å². The molecule has 0 aliphatic rings. The first-order valence-corrected chi connectivity index (χ1v) is 5.05. The van der Waals surface area contributed by atoms with Crippen molar-refractivity contribution in [2.75, 3.05) is 0 Å². The second-order valence-electron chi connectivity index (χ2n) is 3.62. The van der Waals surface area contributed by atoms with Crippen LogP contribution in [0.15, 0.2) is 28.8 Å². The molecule has 8 heteroatoms. The normalized spacial score (nSPS) is 11.6. The van der Waals surface area contributed by atoms with Crippen LogP contribution in [0.3, 0.4) is 0 Å². The minimum Gasteiger partial charge on any atom is -0.338 e. The van der Waals surface area contributed by atoms with Crippen molar-refractivity contribution in [3.8, 4) is 11.4 Å². The SMILES string of the molecule is O=C(Cc1nc(-c2cccc(F)c2)no1)C(F)(F)F. The Morgan fingerprint density at radius 3 is 2.68 bits per heavy atom. The average molecular weight is 274 g/mol. The third kappa shape index (κ3) is 3.15. The molecule has 0 amide bonds. The molecule has 0 saturated heterocycles. The van der Waals surface area contributed by atoms with E-state index in [2.05, 4.69) is 14.7 Å². The summed E-state index contributed by atoms with van der Waals surface area (Å²) in [7, 11) is 0. The number of halogens is 4. The van der Waals surface area contributed by atoms with E-state index < -0.39 is 30.1 Å². The van der Waals surface area contributed by atoms with Crippen molar-refractivity contribution in [1.29, 1.82) is 0 Å². The summed E-state index contributed by atoms with van der Waals surface area (Å²) in [6.45, 7) is 0. The van der Waals surface area contributed by atoms with Gasteiger partial charge in [0, 0.05) is 5.56 Å². The zero-order chi connectivity index (χ0) is 14.0. The minimum atomic E-state index is -4.95. The van der Waals surface area contributed by atoms with E-state index in [9.17, 15) is 22.4 Å². The molecule has 100 valence electrons. The lowest BCUT2D eigenvalue weighted by molar-refractivity contribution is -0.170. The molecule has 0 aliphatic carbocycles. The van der Waals surface area contributed by atoms with Gasteiger partial charge in [0.1, 0.15) is 5.82 Å². The molecule has 0 spiro atoms. The smallest absolute Gasteiger partial charge is 0.338 e. The van der Waals surface area contributed by atoms with E-state index in [1.165, 1.54) is 18.2 Å². The van der Waals surface area contributed by atoms with Crippen molar-refractivity contribution in [3.05, 3.63) is 36.0 Å². The summed E-state index contributed by atoms with van der Waals surface area (Å²) in [6, 6.07) is 5.14. The fourth-order valence-electron chi connectivity index (χ4n) is 1.31. The highest BCUT2D eigenvalue weighted by Crippen LogP contribution is 2.20. The summed E-state index contributed by atoms with van der Waals surface area (Å²) in [5.74, 6) is -3.08. The van der Waals surface area contributed by atoms with Crippen LogP contribution >= 0.6 is 0 Å². The lowest BCUT2D eigenvalue weighted by Gasteiger charge is -2.00. The Labute approximate surface area is 104 Å². The van der Waals surface area contributed by atoms with Gasteiger partial charge in [-0.1, -0.05) is 17.3 Å². The monoisotopic (exact) mass is 274 g/mol. The van der Waals surface area contributed by atoms with Gasteiger partial charge in [-0.05, 0) is 12.1 Å². The number of carbonyl (C=O) groups is 1. The van der Waals surface area contributed by atoms with Crippen LogP contribution in [0, 0.1) is 5.82 Å². The zero-order valence-electron chi connectivity index (χ0n) is 9.24. The summed E-state index contributed by atoms with van der Waals surface area (Å²) in [4.78, 5) is 14.3. The van der Waals surface area contributed by atoms with Crippen LogP contribution in [0.25, 0.3) is 11.4 Å². The quantitative estimate of drug-likeness (QED) is 0.807. The van der Waals surface area contributed by atoms with Crippen molar-refractivity contribution < 1.29 is 26.9 Å². The topological polar surface area (TPSA) is 56.0 Å². The van der Waals surface area contributed by atoms with Gasteiger partial charge in [0.2, 0.25) is 17.5 Å². The molecule has 2 aromatic rings. The summed E-state index contributed by atoms with van der Waals surface area (Å²) < 4.78 is 53.5. The molecular formula is C11H6F4N2O2. The molecule has 19 heavy (non-hydrogen) atoms. The Morgan fingerprint density at radius 2 is 2.05 bits per heavy atom. The molecule has 0 unspecified atom stereocenters. The maximum Gasteiger partial charge on any atom is 0.450 e. The summed E-state index contributed by atoms with van der Waals surface area (Å²) in [6.07, 6.45) is -5.99. The van der Waals surface area contributed by atoms with Crippen LogP contribution in [0.5, 0.6) is 0 Å².